The van der Waals surface area contributed by atoms with Crippen LogP contribution in [0.5, 0.6) is 0 Å². The first-order valence-electron chi connectivity index (χ1n) is 11.8. The Morgan fingerprint density at radius 2 is 1.55 bits per heavy atom. The van der Waals surface area contributed by atoms with Crippen molar-refractivity contribution in [2.24, 2.45) is 5.92 Å². The van der Waals surface area contributed by atoms with Gasteiger partial charge in [0.2, 0.25) is 11.8 Å². The number of amides is 2. The van der Waals surface area contributed by atoms with Crippen molar-refractivity contribution in [3.05, 3.63) is 17.8 Å². The van der Waals surface area contributed by atoms with E-state index in [2.05, 4.69) is 10.3 Å². The zero-order valence-corrected chi connectivity index (χ0v) is 17.5. The molecule has 1 heterocycles. The van der Waals surface area contributed by atoms with E-state index in [0.717, 1.165) is 51.4 Å². The first kappa shape index (κ1) is 20.4. The van der Waals surface area contributed by atoms with E-state index in [1.807, 2.05) is 4.90 Å². The first-order valence-corrected chi connectivity index (χ1v) is 11.8. The summed E-state index contributed by atoms with van der Waals surface area (Å²) in [6.07, 6.45) is 17.2. The molecular weight excluding hydrogens is 366 g/mol. The van der Waals surface area contributed by atoms with Crippen molar-refractivity contribution in [2.75, 3.05) is 0 Å². The van der Waals surface area contributed by atoms with Gasteiger partial charge in [0.1, 0.15) is 6.26 Å². The molecule has 0 atom stereocenters. The van der Waals surface area contributed by atoms with Crippen molar-refractivity contribution in [2.45, 2.75) is 109 Å². The lowest BCUT2D eigenvalue weighted by Gasteiger charge is -2.35. The van der Waals surface area contributed by atoms with E-state index < -0.39 is 0 Å². The van der Waals surface area contributed by atoms with E-state index in [1.54, 1.807) is 0 Å². The third-order valence-electron chi connectivity index (χ3n) is 7.03. The highest BCUT2D eigenvalue weighted by molar-refractivity contribution is 5.92. The summed E-state index contributed by atoms with van der Waals surface area (Å²) in [5.41, 5.74) is 0.336. The van der Waals surface area contributed by atoms with Crippen LogP contribution in [0, 0.1) is 5.92 Å². The van der Waals surface area contributed by atoms with Gasteiger partial charge in [-0.25, -0.2) is 4.98 Å². The average molecular weight is 402 g/mol. The van der Waals surface area contributed by atoms with Gasteiger partial charge < -0.3 is 14.6 Å². The predicted molar refractivity (Wildman–Crippen MR) is 110 cm³/mol. The van der Waals surface area contributed by atoms with Gasteiger partial charge in [-0.2, -0.15) is 0 Å². The number of hydrogen-bond acceptors (Lipinski definition) is 4. The largest absolute Gasteiger partial charge is 0.446 e. The molecular formula is C23H35N3O3. The summed E-state index contributed by atoms with van der Waals surface area (Å²) in [5.74, 6) is 0.746. The fraction of sp³-hybridized carbons (Fsp3) is 0.783. The van der Waals surface area contributed by atoms with Crippen molar-refractivity contribution in [3.8, 4) is 0 Å². The Labute approximate surface area is 173 Å². The van der Waals surface area contributed by atoms with Crippen LogP contribution in [-0.2, 0) is 11.3 Å². The van der Waals surface area contributed by atoms with Crippen molar-refractivity contribution < 1.29 is 14.0 Å². The molecule has 0 bridgehead atoms. The van der Waals surface area contributed by atoms with E-state index in [-0.39, 0.29) is 29.8 Å². The summed E-state index contributed by atoms with van der Waals surface area (Å²) in [7, 11) is 0. The maximum Gasteiger partial charge on any atom is 0.273 e. The third kappa shape index (κ3) is 5.20. The van der Waals surface area contributed by atoms with Gasteiger partial charge in [-0.05, 0) is 38.5 Å². The zero-order chi connectivity index (χ0) is 20.1. The number of hydrogen-bond donors (Lipinski definition) is 1. The standard InChI is InChI=1S/C23H35N3O3/c27-22(24-18-11-3-1-4-12-18)20-16-29-21(25-20)15-26(19-13-5-2-6-14-19)23(28)17-9-7-8-10-17/h16-19H,1-15H2,(H,24,27). The molecule has 3 fully saturated rings. The van der Waals surface area contributed by atoms with Crippen LogP contribution in [0.4, 0.5) is 0 Å². The number of carbonyl (C=O) groups excluding carboxylic acids is 2. The molecule has 0 saturated heterocycles. The van der Waals surface area contributed by atoms with Crippen LogP contribution >= 0.6 is 0 Å². The maximum absolute atomic E-state index is 13.2. The second kappa shape index (κ2) is 9.77. The first-order chi connectivity index (χ1) is 14.2. The van der Waals surface area contributed by atoms with Crippen LogP contribution in [0.25, 0.3) is 0 Å². The van der Waals surface area contributed by atoms with Crippen molar-refractivity contribution in [1.82, 2.24) is 15.2 Å². The fourth-order valence-corrected chi connectivity index (χ4v) is 5.33. The minimum atomic E-state index is -0.154. The Morgan fingerprint density at radius 1 is 0.931 bits per heavy atom. The van der Waals surface area contributed by atoms with Crippen LogP contribution < -0.4 is 5.32 Å². The van der Waals surface area contributed by atoms with Crippen LogP contribution in [0.3, 0.4) is 0 Å². The minimum Gasteiger partial charge on any atom is -0.446 e. The van der Waals surface area contributed by atoms with Crippen LogP contribution in [0.15, 0.2) is 10.7 Å². The molecule has 6 heteroatoms. The van der Waals surface area contributed by atoms with E-state index >= 15 is 0 Å². The summed E-state index contributed by atoms with van der Waals surface area (Å²) in [6.45, 7) is 0.386. The molecule has 1 N–H and O–H groups in total. The summed E-state index contributed by atoms with van der Waals surface area (Å²) >= 11 is 0. The summed E-state index contributed by atoms with van der Waals surface area (Å²) < 4.78 is 5.64. The molecule has 160 valence electrons. The lowest BCUT2D eigenvalue weighted by molar-refractivity contribution is -0.139. The molecule has 1 aromatic rings. The quantitative estimate of drug-likeness (QED) is 0.756. The molecule has 0 unspecified atom stereocenters. The van der Waals surface area contributed by atoms with E-state index in [9.17, 15) is 9.59 Å². The lowest BCUT2D eigenvalue weighted by Crippen LogP contribution is -2.43. The van der Waals surface area contributed by atoms with Gasteiger partial charge in [-0.15, -0.1) is 0 Å². The van der Waals surface area contributed by atoms with Crippen LogP contribution in [-0.4, -0.2) is 33.8 Å². The zero-order valence-electron chi connectivity index (χ0n) is 17.5. The highest BCUT2D eigenvalue weighted by Crippen LogP contribution is 2.31. The molecule has 6 nitrogen and oxygen atoms in total. The highest BCUT2D eigenvalue weighted by Gasteiger charge is 2.33. The van der Waals surface area contributed by atoms with Gasteiger partial charge in [0.15, 0.2) is 5.69 Å². The van der Waals surface area contributed by atoms with Gasteiger partial charge in [0, 0.05) is 18.0 Å². The van der Waals surface area contributed by atoms with Crippen LogP contribution in [0.2, 0.25) is 0 Å². The fourth-order valence-electron chi connectivity index (χ4n) is 5.33. The van der Waals surface area contributed by atoms with Gasteiger partial charge in [0.05, 0.1) is 6.54 Å². The summed E-state index contributed by atoms with van der Waals surface area (Å²) in [6, 6.07) is 0.530. The van der Waals surface area contributed by atoms with Crippen molar-refractivity contribution in [1.29, 1.82) is 0 Å². The molecule has 3 saturated carbocycles. The van der Waals surface area contributed by atoms with Gasteiger partial charge in [0.25, 0.3) is 5.91 Å². The van der Waals surface area contributed by atoms with Crippen molar-refractivity contribution >= 4 is 11.8 Å². The van der Waals surface area contributed by atoms with Gasteiger partial charge in [-0.3, -0.25) is 9.59 Å². The van der Waals surface area contributed by atoms with E-state index in [0.29, 0.717) is 18.1 Å². The molecule has 1 aromatic heterocycles. The molecule has 4 rings (SSSR count). The lowest BCUT2D eigenvalue weighted by atomic mass is 9.93. The molecule has 3 aliphatic carbocycles. The molecule has 0 spiro atoms. The average Bonchev–Trinajstić information content (AvgIpc) is 3.45. The van der Waals surface area contributed by atoms with Crippen molar-refractivity contribution in [3.63, 3.8) is 0 Å². The monoisotopic (exact) mass is 401 g/mol. The number of nitrogens with zero attached hydrogens (tertiary/aromatic N) is 2. The second-order valence-electron chi connectivity index (χ2n) is 9.17. The SMILES string of the molecule is O=C(NC1CCCCC1)c1coc(CN(C(=O)C2CCCC2)C2CCCCC2)n1. The predicted octanol–water partition coefficient (Wildman–Crippen LogP) is 4.59. The molecule has 0 aromatic carbocycles. The van der Waals surface area contributed by atoms with E-state index in [4.69, 9.17) is 4.42 Å². The smallest absolute Gasteiger partial charge is 0.273 e. The number of carbonyl (C=O) groups is 2. The van der Waals surface area contributed by atoms with Gasteiger partial charge in [-0.1, -0.05) is 51.4 Å². The molecule has 0 radical (unpaired) electrons. The number of oxazole rings is 1. The molecule has 3 aliphatic rings. The second-order valence-corrected chi connectivity index (χ2v) is 9.17. The summed E-state index contributed by atoms with van der Waals surface area (Å²) in [4.78, 5) is 32.2. The number of rotatable bonds is 6. The topological polar surface area (TPSA) is 75.4 Å². The summed E-state index contributed by atoms with van der Waals surface area (Å²) in [5, 5.41) is 3.09. The molecule has 29 heavy (non-hydrogen) atoms. The normalized spacial score (nSPS) is 21.9. The Kier molecular flexibility index (Phi) is 6.88. The number of nitrogens with one attached hydrogen (secondary N) is 1. The Balaban J connectivity index is 1.41. The molecule has 0 aliphatic heterocycles. The van der Waals surface area contributed by atoms with E-state index in [1.165, 1.54) is 44.8 Å². The molecule has 2 amide bonds. The van der Waals surface area contributed by atoms with Gasteiger partial charge >= 0.3 is 0 Å². The Bertz CT molecular complexity index is 683. The van der Waals surface area contributed by atoms with Crippen LogP contribution in [0.1, 0.15) is 106 Å². The minimum absolute atomic E-state index is 0.154. The Hall–Kier alpha value is -1.85. The Morgan fingerprint density at radius 3 is 2.24 bits per heavy atom. The third-order valence-corrected chi connectivity index (χ3v) is 7.03. The highest BCUT2D eigenvalue weighted by atomic mass is 16.3. The maximum atomic E-state index is 13.2. The number of aromatic nitrogens is 1.